The van der Waals surface area contributed by atoms with Crippen LogP contribution in [0.25, 0.3) is 0 Å². The fourth-order valence-electron chi connectivity index (χ4n) is 0.116. The minimum Gasteiger partial charge on any atom is -0.211 e. The van der Waals surface area contributed by atoms with Gasteiger partial charge in [-0.1, -0.05) is 0 Å². The van der Waals surface area contributed by atoms with Gasteiger partial charge in [0.1, 0.15) is 0 Å². The Balaban J connectivity index is 4.57. The molecule has 0 fully saturated rings. The molecule has 0 aliphatic rings. The molecular weight excluding hydrogens is 253 g/mol. The molecule has 0 amide bonds. The highest BCUT2D eigenvalue weighted by Gasteiger charge is 2.27. The van der Waals surface area contributed by atoms with Crippen LogP contribution in [0.2, 0.25) is 0 Å². The highest BCUT2D eigenvalue weighted by molar-refractivity contribution is 14.1. The summed E-state index contributed by atoms with van der Waals surface area (Å²) < 4.78 is 23.3. The fraction of sp³-hybridized carbons (Fsp3) is 1.00. The van der Waals surface area contributed by atoms with E-state index >= 15 is 0 Å². The van der Waals surface area contributed by atoms with Crippen molar-refractivity contribution in [3.8, 4) is 0 Å². The van der Waals surface area contributed by atoms with E-state index in [1.807, 2.05) is 0 Å². The molecular formula is C4H10INO2S. The molecule has 0 saturated carbocycles. The monoisotopic (exact) mass is 263 g/mol. The number of sulfonamides is 1. The second-order valence-corrected chi connectivity index (χ2v) is 6.40. The lowest BCUT2D eigenvalue weighted by Crippen LogP contribution is -2.34. The average Bonchev–Trinajstić information content (AvgIpc) is 1.64. The molecule has 3 nitrogen and oxygen atoms in total. The Bertz CT molecular complexity index is 179. The molecule has 0 bridgehead atoms. The molecule has 0 aromatic heterocycles. The minimum absolute atomic E-state index is 0.700. The highest BCUT2D eigenvalue weighted by atomic mass is 127. The van der Waals surface area contributed by atoms with Crippen LogP contribution in [-0.4, -0.2) is 13.2 Å². The Hall–Kier alpha value is 0.640. The van der Waals surface area contributed by atoms with Crippen LogP contribution in [0.5, 0.6) is 0 Å². The van der Waals surface area contributed by atoms with Crippen LogP contribution in [0.1, 0.15) is 20.8 Å². The molecule has 0 unspecified atom stereocenters. The van der Waals surface area contributed by atoms with E-state index in [2.05, 4.69) is 2.94 Å². The zero-order chi connectivity index (χ0) is 7.71. The molecule has 0 radical (unpaired) electrons. The molecule has 0 aliphatic heterocycles. The first kappa shape index (κ1) is 9.64. The number of halogens is 1. The zero-order valence-electron chi connectivity index (χ0n) is 5.60. The molecule has 0 aromatic carbocycles. The average molecular weight is 263 g/mol. The molecule has 0 rings (SSSR count). The highest BCUT2D eigenvalue weighted by Crippen LogP contribution is 2.13. The Labute approximate surface area is 69.8 Å². The largest absolute Gasteiger partial charge is 0.225 e. The van der Waals surface area contributed by atoms with Gasteiger partial charge in [0.05, 0.1) is 4.75 Å². The Morgan fingerprint density at radius 2 is 1.67 bits per heavy atom. The topological polar surface area (TPSA) is 46.2 Å². The van der Waals surface area contributed by atoms with Gasteiger partial charge >= 0.3 is 0 Å². The third kappa shape index (κ3) is 2.38. The van der Waals surface area contributed by atoms with Crippen molar-refractivity contribution in [2.24, 2.45) is 0 Å². The molecule has 9 heavy (non-hydrogen) atoms. The van der Waals surface area contributed by atoms with Gasteiger partial charge in [0.2, 0.25) is 10.0 Å². The number of hydrogen-bond acceptors (Lipinski definition) is 2. The van der Waals surface area contributed by atoms with E-state index in [-0.39, 0.29) is 0 Å². The van der Waals surface area contributed by atoms with Crippen LogP contribution < -0.4 is 2.94 Å². The Morgan fingerprint density at radius 1 is 1.33 bits per heavy atom. The SMILES string of the molecule is CC(C)(C)S(=O)(=O)NI. The van der Waals surface area contributed by atoms with Crippen molar-refractivity contribution in [2.75, 3.05) is 0 Å². The van der Waals surface area contributed by atoms with Crippen molar-refractivity contribution >= 4 is 32.9 Å². The van der Waals surface area contributed by atoms with E-state index in [0.29, 0.717) is 0 Å². The van der Waals surface area contributed by atoms with Gasteiger partial charge in [0.15, 0.2) is 0 Å². The Morgan fingerprint density at radius 3 is 1.67 bits per heavy atom. The van der Waals surface area contributed by atoms with Crippen LogP contribution >= 0.6 is 22.9 Å². The van der Waals surface area contributed by atoms with Gasteiger partial charge < -0.3 is 0 Å². The lowest BCUT2D eigenvalue weighted by Gasteiger charge is -2.16. The van der Waals surface area contributed by atoms with Crippen LogP contribution in [0.3, 0.4) is 0 Å². The van der Waals surface area contributed by atoms with E-state index in [1.54, 1.807) is 43.6 Å². The van der Waals surface area contributed by atoms with Gasteiger partial charge in [0.25, 0.3) is 0 Å². The van der Waals surface area contributed by atoms with E-state index in [0.717, 1.165) is 0 Å². The summed E-state index contributed by atoms with van der Waals surface area (Å²) in [6.45, 7) is 4.94. The summed E-state index contributed by atoms with van der Waals surface area (Å²) in [6.07, 6.45) is 0. The Kier molecular flexibility index (Phi) is 2.90. The normalized spacial score (nSPS) is 13.8. The molecule has 0 atom stereocenters. The second kappa shape index (κ2) is 2.71. The maximum atomic E-state index is 10.9. The van der Waals surface area contributed by atoms with Crippen molar-refractivity contribution in [1.82, 2.24) is 2.94 Å². The predicted molar refractivity (Wildman–Crippen MR) is 45.8 cm³/mol. The van der Waals surface area contributed by atoms with E-state index in [4.69, 9.17) is 0 Å². The first-order valence-electron chi connectivity index (χ1n) is 2.43. The van der Waals surface area contributed by atoms with Gasteiger partial charge in [-0.25, -0.2) is 8.42 Å². The first-order chi connectivity index (χ1) is 3.81. The second-order valence-electron chi connectivity index (χ2n) is 2.69. The molecule has 0 heterocycles. The summed E-state index contributed by atoms with van der Waals surface area (Å²) in [4.78, 5) is 0. The lowest BCUT2D eigenvalue weighted by atomic mass is 10.3. The number of hydrogen-bond donors (Lipinski definition) is 1. The molecule has 0 saturated heterocycles. The molecule has 0 spiro atoms. The van der Waals surface area contributed by atoms with Crippen molar-refractivity contribution in [3.05, 3.63) is 0 Å². The van der Waals surface area contributed by atoms with E-state index in [1.165, 1.54) is 0 Å². The predicted octanol–water partition coefficient (Wildman–Crippen LogP) is 1.05. The third-order valence-electron chi connectivity index (χ3n) is 0.908. The van der Waals surface area contributed by atoms with Crippen LogP contribution in [0, 0.1) is 0 Å². The van der Waals surface area contributed by atoms with Crippen molar-refractivity contribution < 1.29 is 8.42 Å². The minimum atomic E-state index is -3.10. The van der Waals surface area contributed by atoms with Crippen LogP contribution in [0.15, 0.2) is 0 Å². The maximum Gasteiger partial charge on any atom is 0.225 e. The maximum absolute atomic E-state index is 10.9. The molecule has 0 aliphatic carbocycles. The summed E-state index contributed by atoms with van der Waals surface area (Å²) in [5.74, 6) is 0. The molecule has 0 aromatic rings. The summed E-state index contributed by atoms with van der Waals surface area (Å²) in [6, 6.07) is 0. The standard InChI is InChI=1S/C4H10INO2S/c1-4(2,3)9(7,8)6-5/h6H,1-3H3. The third-order valence-corrected chi connectivity index (χ3v) is 4.46. The van der Waals surface area contributed by atoms with Crippen molar-refractivity contribution in [3.63, 3.8) is 0 Å². The van der Waals surface area contributed by atoms with E-state index in [9.17, 15) is 8.42 Å². The zero-order valence-corrected chi connectivity index (χ0v) is 8.58. The van der Waals surface area contributed by atoms with E-state index < -0.39 is 14.8 Å². The molecule has 1 N–H and O–H groups in total. The number of nitrogens with one attached hydrogen (secondary N) is 1. The molecule has 56 valence electrons. The smallest absolute Gasteiger partial charge is 0.211 e. The van der Waals surface area contributed by atoms with Crippen molar-refractivity contribution in [1.29, 1.82) is 0 Å². The van der Waals surface area contributed by atoms with Gasteiger partial charge in [-0.15, -0.1) is 0 Å². The quantitative estimate of drug-likeness (QED) is 0.568. The van der Waals surface area contributed by atoms with Gasteiger partial charge in [-0.2, -0.15) is 2.94 Å². The van der Waals surface area contributed by atoms with Crippen LogP contribution in [0.4, 0.5) is 0 Å². The summed E-state index contributed by atoms with van der Waals surface area (Å²) in [5, 5.41) is 0. The summed E-state index contributed by atoms with van der Waals surface area (Å²) in [7, 11) is -3.10. The van der Waals surface area contributed by atoms with Crippen LogP contribution in [-0.2, 0) is 10.0 Å². The first-order valence-corrected chi connectivity index (χ1v) is 4.99. The van der Waals surface area contributed by atoms with Gasteiger partial charge in [0, 0.05) is 22.9 Å². The fourth-order valence-corrected chi connectivity index (χ4v) is 2.33. The molecule has 5 heteroatoms. The van der Waals surface area contributed by atoms with Crippen molar-refractivity contribution in [2.45, 2.75) is 25.5 Å². The lowest BCUT2D eigenvalue weighted by molar-refractivity contribution is 0.559. The summed E-state index contributed by atoms with van der Waals surface area (Å²) >= 11 is 1.62. The van der Waals surface area contributed by atoms with Gasteiger partial charge in [-0.3, -0.25) is 0 Å². The van der Waals surface area contributed by atoms with Gasteiger partial charge in [-0.05, 0) is 20.8 Å². The summed E-state index contributed by atoms with van der Waals surface area (Å²) in [5.41, 5.74) is 0. The number of rotatable bonds is 1.